The standard InChI is InChI=1S/C48H74O19/c1-20-27(51)28(52)33(57)40(62-20)66-37-32(56)30(54)35(39(60)61)65-42(37)67-36-31(55)29(53)34(38(58)59)64-41(36)63-26-12-13-46(6)23(43(26,2)3)11-14-48(8)24(46)10-9-21-22-17-45(5,19-49)25(50)18-44(22,4)15-16-47(21,48)7/h9-10,20,22-23,25-37,40-42,49-57H,11-19H2,1-8H3,(H,58,59)(H,60,61). The fourth-order valence-corrected chi connectivity index (χ4v) is 14.4. The number of aliphatic hydroxyl groups is 9. The molecule has 3 aliphatic heterocycles. The van der Waals surface area contributed by atoms with Gasteiger partial charge in [0, 0.05) is 5.41 Å². The van der Waals surface area contributed by atoms with Crippen LogP contribution in [0.5, 0.6) is 0 Å². The molecule has 0 radical (unpaired) electrons. The van der Waals surface area contributed by atoms with E-state index < -0.39 is 127 Å². The fourth-order valence-electron chi connectivity index (χ4n) is 14.4. The van der Waals surface area contributed by atoms with Crippen LogP contribution in [0.1, 0.15) is 107 Å². The van der Waals surface area contributed by atoms with E-state index >= 15 is 0 Å². The van der Waals surface area contributed by atoms with Crippen LogP contribution < -0.4 is 0 Å². The second-order valence-electron chi connectivity index (χ2n) is 23.2. The Hall–Kier alpha value is -2.18. The molecular formula is C48H74O19. The summed E-state index contributed by atoms with van der Waals surface area (Å²) < 4.78 is 35.7. The first kappa shape index (κ1) is 51.2. The van der Waals surface area contributed by atoms with E-state index in [9.17, 15) is 65.8 Å². The second-order valence-corrected chi connectivity index (χ2v) is 23.2. The van der Waals surface area contributed by atoms with Crippen LogP contribution in [-0.4, -0.2) is 179 Å². The first-order valence-electron chi connectivity index (χ1n) is 24.0. The van der Waals surface area contributed by atoms with Crippen LogP contribution in [0.15, 0.2) is 23.3 Å². The molecule has 0 aromatic rings. The Labute approximate surface area is 390 Å². The van der Waals surface area contributed by atoms with Crippen molar-refractivity contribution in [3.63, 3.8) is 0 Å². The van der Waals surface area contributed by atoms with Gasteiger partial charge < -0.3 is 84.6 Å². The van der Waals surface area contributed by atoms with E-state index in [2.05, 4.69) is 53.7 Å². The Balaban J connectivity index is 1.08. The second kappa shape index (κ2) is 17.5. The van der Waals surface area contributed by atoms with Gasteiger partial charge in [-0.25, -0.2) is 9.59 Å². The quantitative estimate of drug-likeness (QED) is 0.142. The van der Waals surface area contributed by atoms with Crippen molar-refractivity contribution in [2.24, 2.45) is 44.3 Å². The predicted molar refractivity (Wildman–Crippen MR) is 231 cm³/mol. The van der Waals surface area contributed by atoms with Crippen molar-refractivity contribution >= 4 is 11.9 Å². The van der Waals surface area contributed by atoms with Crippen LogP contribution >= 0.6 is 0 Å². The maximum atomic E-state index is 12.5. The molecule has 8 rings (SSSR count). The Morgan fingerprint density at radius 2 is 1.19 bits per heavy atom. The Morgan fingerprint density at radius 1 is 0.627 bits per heavy atom. The Kier molecular flexibility index (Phi) is 13.4. The van der Waals surface area contributed by atoms with Crippen LogP contribution in [0, 0.1) is 44.3 Å². The summed E-state index contributed by atoms with van der Waals surface area (Å²) in [6, 6.07) is 0. The molecule has 0 aromatic heterocycles. The lowest BCUT2D eigenvalue weighted by Gasteiger charge is -2.69. The molecule has 0 bridgehead atoms. The monoisotopic (exact) mass is 954 g/mol. The molecule has 19 nitrogen and oxygen atoms in total. The van der Waals surface area contributed by atoms with E-state index in [1.54, 1.807) is 0 Å². The summed E-state index contributed by atoms with van der Waals surface area (Å²) in [5, 5.41) is 118. The number of carboxylic acid groups (broad SMARTS) is 2. The van der Waals surface area contributed by atoms with Crippen LogP contribution in [-0.2, 0) is 38.0 Å². The molecule has 11 N–H and O–H groups in total. The molecule has 0 aromatic carbocycles. The van der Waals surface area contributed by atoms with Gasteiger partial charge >= 0.3 is 11.9 Å². The molecule has 4 saturated carbocycles. The van der Waals surface area contributed by atoms with Crippen molar-refractivity contribution in [1.29, 1.82) is 0 Å². The van der Waals surface area contributed by atoms with Gasteiger partial charge in [0.2, 0.25) is 0 Å². The van der Waals surface area contributed by atoms with Gasteiger partial charge in [-0.1, -0.05) is 71.8 Å². The van der Waals surface area contributed by atoms with Gasteiger partial charge in [-0.2, -0.15) is 0 Å². The van der Waals surface area contributed by atoms with Crippen molar-refractivity contribution < 1.29 is 94.2 Å². The van der Waals surface area contributed by atoms with Gasteiger partial charge in [0.25, 0.3) is 0 Å². The fraction of sp³-hybridized carbons (Fsp3) is 0.875. The minimum absolute atomic E-state index is 0.0207. The molecule has 24 unspecified atom stereocenters. The van der Waals surface area contributed by atoms with Crippen molar-refractivity contribution in [3.05, 3.63) is 23.3 Å². The van der Waals surface area contributed by atoms with Gasteiger partial charge in [0.1, 0.15) is 54.9 Å². The first-order chi connectivity index (χ1) is 31.1. The summed E-state index contributed by atoms with van der Waals surface area (Å²) in [6.45, 7) is 16.8. The van der Waals surface area contributed by atoms with Crippen LogP contribution in [0.25, 0.3) is 0 Å². The van der Waals surface area contributed by atoms with Gasteiger partial charge in [-0.3, -0.25) is 0 Å². The van der Waals surface area contributed by atoms with Crippen molar-refractivity contribution in [1.82, 2.24) is 0 Å². The van der Waals surface area contributed by atoms with E-state index in [0.717, 1.165) is 25.7 Å². The van der Waals surface area contributed by atoms with Crippen LogP contribution in [0.4, 0.5) is 0 Å². The number of rotatable bonds is 9. The third kappa shape index (κ3) is 7.89. The minimum atomic E-state index is -2.14. The molecule has 0 amide bonds. The largest absolute Gasteiger partial charge is 0.479 e. The molecule has 8 aliphatic rings. The lowest BCUT2D eigenvalue weighted by molar-refractivity contribution is -0.392. The summed E-state index contributed by atoms with van der Waals surface area (Å²) in [5.74, 6) is -3.11. The summed E-state index contributed by atoms with van der Waals surface area (Å²) in [5.41, 5.74) is 0.710. The number of aliphatic carboxylic acids is 2. The van der Waals surface area contributed by atoms with Crippen LogP contribution in [0.2, 0.25) is 0 Å². The van der Waals surface area contributed by atoms with E-state index in [4.69, 9.17) is 28.4 Å². The molecule has 7 fully saturated rings. The normalized spacial score (nSPS) is 54.0. The van der Waals surface area contributed by atoms with E-state index in [1.165, 1.54) is 18.1 Å². The smallest absolute Gasteiger partial charge is 0.335 e. The maximum absolute atomic E-state index is 12.5. The molecule has 3 saturated heterocycles. The minimum Gasteiger partial charge on any atom is -0.479 e. The number of hydrogen-bond acceptors (Lipinski definition) is 17. The summed E-state index contributed by atoms with van der Waals surface area (Å²) in [7, 11) is 0. The highest BCUT2D eigenvalue weighted by atomic mass is 16.8. The lowest BCUT2D eigenvalue weighted by atomic mass is 9.36. The molecule has 380 valence electrons. The lowest BCUT2D eigenvalue weighted by Crippen LogP contribution is -2.68. The van der Waals surface area contributed by atoms with E-state index in [1.807, 2.05) is 6.92 Å². The molecular weight excluding hydrogens is 881 g/mol. The average Bonchev–Trinajstić information content (AvgIpc) is 3.25. The Bertz CT molecular complexity index is 1960. The zero-order valence-electron chi connectivity index (χ0n) is 39.7. The third-order valence-electron chi connectivity index (χ3n) is 19.0. The van der Waals surface area contributed by atoms with E-state index in [0.29, 0.717) is 25.7 Å². The highest BCUT2D eigenvalue weighted by molar-refractivity contribution is 5.74. The highest BCUT2D eigenvalue weighted by Gasteiger charge is 2.67. The Morgan fingerprint density at radius 3 is 1.76 bits per heavy atom. The van der Waals surface area contributed by atoms with Gasteiger partial charge in [-0.05, 0) is 97.2 Å². The third-order valence-corrected chi connectivity index (χ3v) is 19.0. The van der Waals surface area contributed by atoms with Gasteiger partial charge in [-0.15, -0.1) is 0 Å². The number of ether oxygens (including phenoxy) is 6. The summed E-state index contributed by atoms with van der Waals surface area (Å²) in [6.07, 6.45) is -18.9. The molecule has 3 heterocycles. The number of carboxylic acids is 2. The molecule has 67 heavy (non-hydrogen) atoms. The molecule has 24 atom stereocenters. The summed E-state index contributed by atoms with van der Waals surface area (Å²) in [4.78, 5) is 24.7. The van der Waals surface area contributed by atoms with Gasteiger partial charge in [0.05, 0.1) is 24.9 Å². The number of aliphatic hydroxyl groups excluding tert-OH is 9. The maximum Gasteiger partial charge on any atom is 0.335 e. The zero-order valence-corrected chi connectivity index (χ0v) is 39.7. The van der Waals surface area contributed by atoms with Crippen molar-refractivity contribution in [2.75, 3.05) is 6.61 Å². The topological polar surface area (TPSA) is 312 Å². The number of carbonyl (C=O) groups is 2. The predicted octanol–water partition coefficient (Wildman–Crippen LogP) is 0.717. The number of fused-ring (bicyclic) bond motifs is 7. The van der Waals surface area contributed by atoms with Crippen molar-refractivity contribution in [2.45, 2.75) is 211 Å². The first-order valence-corrected chi connectivity index (χ1v) is 24.0. The molecule has 5 aliphatic carbocycles. The van der Waals surface area contributed by atoms with Gasteiger partial charge in [0.15, 0.2) is 31.1 Å². The molecule has 0 spiro atoms. The SMILES string of the molecule is CC1OC(OC2C(OC3C(OC4CCC5(C)C6=CC=C7C8CC(C)(CO)C(O)CC8(C)CCC7(C)C6(C)CCC5C4(C)C)OC(C(=O)O)C(O)C3O)OC(C(=O)O)C(O)C2O)C(O)C(O)C1O. The van der Waals surface area contributed by atoms with Crippen molar-refractivity contribution in [3.8, 4) is 0 Å². The number of hydrogen-bond donors (Lipinski definition) is 11. The van der Waals surface area contributed by atoms with E-state index in [-0.39, 0.29) is 40.1 Å². The zero-order chi connectivity index (χ0) is 49.3. The average molecular weight is 955 g/mol. The highest BCUT2D eigenvalue weighted by Crippen LogP contribution is 2.74. The number of allylic oxidation sites excluding steroid dienone is 4. The molecule has 19 heteroatoms. The summed E-state index contributed by atoms with van der Waals surface area (Å²) >= 11 is 0. The van der Waals surface area contributed by atoms with Crippen LogP contribution in [0.3, 0.4) is 0 Å².